The average molecular weight is 306 g/mol. The van der Waals surface area contributed by atoms with E-state index in [1.807, 2.05) is 0 Å². The summed E-state index contributed by atoms with van der Waals surface area (Å²) < 4.78 is 4.40. The van der Waals surface area contributed by atoms with Crippen LogP contribution in [0.4, 0.5) is 0 Å². The summed E-state index contributed by atoms with van der Waals surface area (Å²) >= 11 is 0. The van der Waals surface area contributed by atoms with Crippen LogP contribution in [0.25, 0.3) is 0 Å². The van der Waals surface area contributed by atoms with E-state index in [-0.39, 0.29) is 5.97 Å². The minimum atomic E-state index is -0.211. The van der Waals surface area contributed by atoms with Crippen molar-refractivity contribution in [3.8, 4) is 0 Å². The first-order valence-corrected chi connectivity index (χ1v) is 8.42. The SMILES string of the molecule is C1CCCCC1.CCN(CC)CC.CCOC(C)=O.CO. The molecule has 1 N–H and O–H groups in total. The highest BCUT2D eigenvalue weighted by atomic mass is 16.5. The highest BCUT2D eigenvalue weighted by Crippen LogP contribution is 2.15. The van der Waals surface area contributed by atoms with Crippen molar-refractivity contribution in [2.24, 2.45) is 0 Å². The summed E-state index contributed by atoms with van der Waals surface area (Å²) in [6.07, 6.45) is 9.00. The quantitative estimate of drug-likeness (QED) is 0.801. The average Bonchev–Trinajstić information content (AvgIpc) is 2.54. The van der Waals surface area contributed by atoms with Crippen molar-refractivity contribution < 1.29 is 14.6 Å². The number of rotatable bonds is 4. The molecule has 21 heavy (non-hydrogen) atoms. The highest BCUT2D eigenvalue weighted by molar-refractivity contribution is 5.65. The standard InChI is InChI=1S/C6H15N.C6H12.C4H8O2.CH4O/c1-4-7(5-2)6-3;1-2-4-6-5-3-1;1-3-6-4(2)5;1-2/h4-6H2,1-3H3;1-6H2;3H2,1-2H3;2H,1H3. The van der Waals surface area contributed by atoms with E-state index in [9.17, 15) is 4.79 Å². The Balaban J connectivity index is -0.000000219. The van der Waals surface area contributed by atoms with E-state index in [0.29, 0.717) is 6.61 Å². The summed E-state index contributed by atoms with van der Waals surface area (Å²) in [7, 11) is 1.00. The number of hydrogen-bond acceptors (Lipinski definition) is 4. The zero-order chi connectivity index (χ0) is 16.9. The lowest BCUT2D eigenvalue weighted by molar-refractivity contribution is -0.140. The molecule has 1 aliphatic carbocycles. The van der Waals surface area contributed by atoms with Crippen LogP contribution in [0.2, 0.25) is 0 Å². The molecule has 0 amide bonds. The lowest BCUT2D eigenvalue weighted by Crippen LogP contribution is -2.21. The zero-order valence-electron chi connectivity index (χ0n) is 15.3. The fourth-order valence-corrected chi connectivity index (χ4v) is 1.93. The molecular weight excluding hydrogens is 266 g/mol. The first kappa shape index (κ1) is 25.3. The molecule has 0 aliphatic heterocycles. The Morgan fingerprint density at radius 1 is 0.857 bits per heavy atom. The summed E-state index contributed by atoms with van der Waals surface area (Å²) in [6, 6.07) is 0. The van der Waals surface area contributed by atoms with Gasteiger partial charge in [0.25, 0.3) is 0 Å². The third-order valence-corrected chi connectivity index (χ3v) is 3.19. The summed E-state index contributed by atoms with van der Waals surface area (Å²) in [5.41, 5.74) is 0. The van der Waals surface area contributed by atoms with E-state index < -0.39 is 0 Å². The number of carbonyl (C=O) groups is 1. The predicted octanol–water partition coefficient (Wildman–Crippen LogP) is 3.87. The number of aliphatic hydroxyl groups is 1. The number of ether oxygens (including phenoxy) is 1. The minimum absolute atomic E-state index is 0.211. The molecule has 0 saturated heterocycles. The second kappa shape index (κ2) is 24.4. The van der Waals surface area contributed by atoms with Crippen LogP contribution in [0.5, 0.6) is 0 Å². The van der Waals surface area contributed by atoms with Gasteiger partial charge in [0.1, 0.15) is 0 Å². The molecule has 130 valence electrons. The zero-order valence-corrected chi connectivity index (χ0v) is 15.3. The third-order valence-electron chi connectivity index (χ3n) is 3.19. The van der Waals surface area contributed by atoms with Crippen LogP contribution in [0.3, 0.4) is 0 Å². The molecule has 0 aromatic heterocycles. The summed E-state index contributed by atoms with van der Waals surface area (Å²) in [5, 5.41) is 7.00. The van der Waals surface area contributed by atoms with Gasteiger partial charge in [0.15, 0.2) is 0 Å². The Kier molecular flexibility index (Phi) is 29.5. The Morgan fingerprint density at radius 2 is 1.14 bits per heavy atom. The molecule has 0 spiro atoms. The lowest BCUT2D eigenvalue weighted by Gasteiger charge is -2.13. The maximum atomic E-state index is 9.82. The van der Waals surface area contributed by atoms with Gasteiger partial charge in [-0.15, -0.1) is 0 Å². The van der Waals surface area contributed by atoms with Gasteiger partial charge >= 0.3 is 5.97 Å². The van der Waals surface area contributed by atoms with Crippen molar-refractivity contribution >= 4 is 5.97 Å². The molecule has 1 fully saturated rings. The number of hydrogen-bond donors (Lipinski definition) is 1. The second-order valence-electron chi connectivity index (χ2n) is 4.67. The summed E-state index contributed by atoms with van der Waals surface area (Å²) in [5.74, 6) is -0.211. The Morgan fingerprint density at radius 3 is 1.19 bits per heavy atom. The molecule has 4 nitrogen and oxygen atoms in total. The number of aliphatic hydroxyl groups excluding tert-OH is 1. The van der Waals surface area contributed by atoms with Gasteiger partial charge in [0.2, 0.25) is 0 Å². The smallest absolute Gasteiger partial charge is 0.302 e. The van der Waals surface area contributed by atoms with Crippen molar-refractivity contribution in [2.75, 3.05) is 33.4 Å². The first-order valence-electron chi connectivity index (χ1n) is 8.42. The molecule has 0 atom stereocenters. The third kappa shape index (κ3) is 28.3. The molecular formula is C17H39NO3. The molecule has 0 bridgehead atoms. The molecule has 4 heteroatoms. The molecule has 0 aromatic carbocycles. The Hall–Kier alpha value is -0.610. The highest BCUT2D eigenvalue weighted by Gasteiger charge is 1.95. The molecule has 1 rings (SSSR count). The second-order valence-corrected chi connectivity index (χ2v) is 4.67. The van der Waals surface area contributed by atoms with E-state index in [0.717, 1.165) is 7.11 Å². The number of nitrogens with zero attached hydrogens (tertiary/aromatic N) is 1. The monoisotopic (exact) mass is 305 g/mol. The van der Waals surface area contributed by atoms with Crippen molar-refractivity contribution in [1.29, 1.82) is 0 Å². The largest absolute Gasteiger partial charge is 0.466 e. The van der Waals surface area contributed by atoms with Gasteiger partial charge in [-0.1, -0.05) is 59.3 Å². The van der Waals surface area contributed by atoms with Gasteiger partial charge in [-0.2, -0.15) is 0 Å². The van der Waals surface area contributed by atoms with Crippen molar-refractivity contribution in [3.05, 3.63) is 0 Å². The Bertz CT molecular complexity index is 162. The van der Waals surface area contributed by atoms with Gasteiger partial charge in [0, 0.05) is 14.0 Å². The first-order chi connectivity index (χ1) is 10.1. The topological polar surface area (TPSA) is 49.8 Å². The van der Waals surface area contributed by atoms with E-state index >= 15 is 0 Å². The fraction of sp³-hybridized carbons (Fsp3) is 0.941. The maximum Gasteiger partial charge on any atom is 0.302 e. The summed E-state index contributed by atoms with van der Waals surface area (Å²) in [6.45, 7) is 13.8. The van der Waals surface area contributed by atoms with Crippen LogP contribution in [-0.4, -0.2) is 49.3 Å². The number of esters is 1. The Labute approximate surface area is 132 Å². The van der Waals surface area contributed by atoms with Gasteiger partial charge in [-0.25, -0.2) is 0 Å². The molecule has 0 unspecified atom stereocenters. The maximum absolute atomic E-state index is 9.82. The molecule has 0 heterocycles. The van der Waals surface area contributed by atoms with Crippen LogP contribution in [0.15, 0.2) is 0 Å². The van der Waals surface area contributed by atoms with Crippen LogP contribution < -0.4 is 0 Å². The molecule has 0 aromatic rings. The van der Waals surface area contributed by atoms with Crippen LogP contribution in [0.1, 0.15) is 73.1 Å². The summed E-state index contributed by atoms with van der Waals surface area (Å²) in [4.78, 5) is 12.2. The van der Waals surface area contributed by atoms with Crippen molar-refractivity contribution in [3.63, 3.8) is 0 Å². The van der Waals surface area contributed by atoms with Gasteiger partial charge in [-0.05, 0) is 26.6 Å². The van der Waals surface area contributed by atoms with Crippen LogP contribution >= 0.6 is 0 Å². The van der Waals surface area contributed by atoms with Crippen molar-refractivity contribution in [1.82, 2.24) is 4.90 Å². The normalized spacial score (nSPS) is 12.8. The van der Waals surface area contributed by atoms with Gasteiger partial charge < -0.3 is 14.7 Å². The lowest BCUT2D eigenvalue weighted by atomic mass is 10.0. The predicted molar refractivity (Wildman–Crippen MR) is 91.6 cm³/mol. The number of carbonyl (C=O) groups excluding carboxylic acids is 1. The molecule has 1 saturated carbocycles. The van der Waals surface area contributed by atoms with Crippen LogP contribution in [-0.2, 0) is 9.53 Å². The van der Waals surface area contributed by atoms with E-state index in [2.05, 4.69) is 30.4 Å². The minimum Gasteiger partial charge on any atom is -0.466 e. The fourth-order valence-electron chi connectivity index (χ4n) is 1.93. The van der Waals surface area contributed by atoms with E-state index in [4.69, 9.17) is 5.11 Å². The van der Waals surface area contributed by atoms with Gasteiger partial charge in [0.05, 0.1) is 6.61 Å². The van der Waals surface area contributed by atoms with Crippen molar-refractivity contribution in [2.45, 2.75) is 73.1 Å². The van der Waals surface area contributed by atoms with E-state index in [1.54, 1.807) is 6.92 Å². The van der Waals surface area contributed by atoms with Gasteiger partial charge in [-0.3, -0.25) is 4.79 Å². The van der Waals surface area contributed by atoms with E-state index in [1.165, 1.54) is 65.1 Å². The molecule has 0 radical (unpaired) electrons. The molecule has 1 aliphatic rings. The van der Waals surface area contributed by atoms with Crippen LogP contribution in [0, 0.1) is 0 Å².